The maximum Gasteiger partial charge on any atom is 0.252 e. The zero-order chi connectivity index (χ0) is 30.4. The fourth-order valence-corrected chi connectivity index (χ4v) is 2.67. The number of nitriles is 1. The molecule has 1 amide bonds. The summed E-state index contributed by atoms with van der Waals surface area (Å²) in [6.45, 7) is -15.0. The maximum atomic E-state index is 12.2. The third kappa shape index (κ3) is 5.15. The summed E-state index contributed by atoms with van der Waals surface area (Å²) in [4.78, 5) is 21.1. The molecule has 0 aliphatic carbocycles. The van der Waals surface area contributed by atoms with E-state index >= 15 is 0 Å². The van der Waals surface area contributed by atoms with Gasteiger partial charge >= 0.3 is 0 Å². The fourth-order valence-electron chi connectivity index (χ4n) is 2.67. The zero-order valence-electron chi connectivity index (χ0n) is 25.9. The molecule has 0 atom stereocenters. The van der Waals surface area contributed by atoms with Crippen LogP contribution >= 0.6 is 0 Å². The van der Waals surface area contributed by atoms with Crippen LogP contribution in [0.4, 0.5) is 17.3 Å². The molecule has 0 bridgehead atoms. The quantitative estimate of drug-likeness (QED) is 0.586. The van der Waals surface area contributed by atoms with Crippen LogP contribution in [0.3, 0.4) is 0 Å². The number of carbonyl (C=O) groups excluding carboxylic acids is 1. The third-order valence-corrected chi connectivity index (χ3v) is 4.13. The molecule has 1 aliphatic rings. The second-order valence-corrected chi connectivity index (χ2v) is 6.07. The van der Waals surface area contributed by atoms with Crippen LogP contribution in [0.25, 0.3) is 11.3 Å². The summed E-state index contributed by atoms with van der Waals surface area (Å²) in [5.74, 6) is -0.605. The Bertz CT molecular complexity index is 1470. The number of benzene rings is 2. The van der Waals surface area contributed by atoms with Crippen molar-refractivity contribution < 1.29 is 23.2 Å². The lowest BCUT2D eigenvalue weighted by molar-refractivity contribution is 0.0958. The number of nitrogens with zero attached hydrogens (tertiary/aromatic N) is 4. The smallest absolute Gasteiger partial charge is 0.252 e. The van der Waals surface area contributed by atoms with Crippen LogP contribution in [-0.2, 0) is 4.74 Å². The molecule has 156 valence electrons. The molecule has 8 heteroatoms. The molecule has 8 nitrogen and oxygen atoms in total. The lowest BCUT2D eigenvalue weighted by Crippen LogP contribution is -2.36. The van der Waals surface area contributed by atoms with Crippen molar-refractivity contribution in [3.63, 3.8) is 0 Å². The van der Waals surface area contributed by atoms with E-state index in [-0.39, 0.29) is 17.2 Å². The van der Waals surface area contributed by atoms with E-state index in [1.54, 1.807) is 18.2 Å². The van der Waals surface area contributed by atoms with Crippen molar-refractivity contribution in [2.24, 2.45) is 0 Å². The van der Waals surface area contributed by atoms with Gasteiger partial charge in [-0.1, -0.05) is 12.1 Å². The van der Waals surface area contributed by atoms with E-state index < -0.39 is 38.5 Å². The Morgan fingerprint density at radius 2 is 1.90 bits per heavy atom. The average Bonchev–Trinajstić information content (AvgIpc) is 2.88. The van der Waals surface area contributed by atoms with Gasteiger partial charge in [0.1, 0.15) is 6.50 Å². The molecule has 0 radical (unpaired) electrons. The van der Waals surface area contributed by atoms with Gasteiger partial charge in [-0.2, -0.15) is 5.26 Å². The number of rotatable bonds is 6. The molecule has 1 fully saturated rings. The molecule has 3 aromatic rings. The van der Waals surface area contributed by atoms with E-state index in [1.165, 1.54) is 48.7 Å². The van der Waals surface area contributed by atoms with Gasteiger partial charge in [0, 0.05) is 41.7 Å². The highest BCUT2D eigenvalue weighted by atomic mass is 16.5. The number of hydrogen-bond donors (Lipinski definition) is 2. The Labute approximate surface area is 194 Å². The van der Waals surface area contributed by atoms with Crippen LogP contribution in [0.15, 0.2) is 60.8 Å². The van der Waals surface area contributed by atoms with Crippen molar-refractivity contribution >= 4 is 23.2 Å². The van der Waals surface area contributed by atoms with Crippen molar-refractivity contribution in [3.8, 4) is 17.3 Å². The summed E-state index contributed by atoms with van der Waals surface area (Å²) in [7, 11) is 0. The lowest BCUT2D eigenvalue weighted by Gasteiger charge is -2.28. The van der Waals surface area contributed by atoms with Gasteiger partial charge < -0.3 is 20.3 Å². The molecule has 0 saturated carbocycles. The highest BCUT2D eigenvalue weighted by Gasteiger charge is 2.11. The molecule has 0 unspecified atom stereocenters. The number of hydrogen-bond acceptors (Lipinski definition) is 7. The molecular weight excluding hydrogens is 392 g/mol. The molecule has 4 rings (SSSR count). The Hall–Kier alpha value is -3.96. The van der Waals surface area contributed by atoms with Crippen LogP contribution in [0.5, 0.6) is 0 Å². The second-order valence-electron chi connectivity index (χ2n) is 6.07. The molecule has 1 aromatic heterocycles. The standard InChI is InChI=1S/C23H22N6O2/c24-10-12-25-22(30)18-3-1-17(2-4-18)21-9-11-26-23(28-21)27-19-5-7-20(8-6-19)29-13-15-31-16-14-29/h1-9,11H,12-16H2,(H,25,30)(H,26,27,28)/i12D2,13D2,14D2,15D2,16D2. The largest absolute Gasteiger partial charge is 0.378 e. The van der Waals surface area contributed by atoms with Gasteiger partial charge in [0.25, 0.3) is 5.91 Å². The number of aromatic nitrogens is 2. The van der Waals surface area contributed by atoms with Crippen LogP contribution in [-0.4, -0.2) is 48.5 Å². The Morgan fingerprint density at radius 1 is 1.16 bits per heavy atom. The highest BCUT2D eigenvalue weighted by Crippen LogP contribution is 2.22. The minimum atomic E-state index is -3.17. The molecule has 0 spiro atoms. The average molecular weight is 425 g/mol. The molecule has 1 aliphatic heterocycles. The highest BCUT2D eigenvalue weighted by molar-refractivity contribution is 5.94. The maximum absolute atomic E-state index is 12.2. The number of amides is 1. The van der Waals surface area contributed by atoms with Gasteiger partial charge in [-0.3, -0.25) is 4.79 Å². The van der Waals surface area contributed by atoms with Crippen molar-refractivity contribution in [2.45, 2.75) is 0 Å². The van der Waals surface area contributed by atoms with E-state index in [9.17, 15) is 4.79 Å². The summed E-state index contributed by atoms with van der Waals surface area (Å²) in [5.41, 5.74) is 1.48. The first-order valence-corrected chi connectivity index (χ1v) is 8.95. The zero-order valence-corrected chi connectivity index (χ0v) is 15.9. The van der Waals surface area contributed by atoms with Crippen molar-refractivity contribution in [3.05, 3.63) is 66.4 Å². The van der Waals surface area contributed by atoms with E-state index in [1.807, 2.05) is 5.32 Å². The first-order chi connectivity index (χ1) is 18.9. The predicted octanol–water partition coefficient (Wildman–Crippen LogP) is 2.98. The first-order valence-electron chi connectivity index (χ1n) is 14.0. The number of anilines is 3. The molecular formula is C23H22N6O2. The monoisotopic (exact) mass is 424 g/mol. The topological polar surface area (TPSA) is 103 Å². The van der Waals surface area contributed by atoms with Crippen molar-refractivity contribution in [1.82, 2.24) is 15.3 Å². The molecule has 31 heavy (non-hydrogen) atoms. The fraction of sp³-hybridized carbons (Fsp3) is 0.217. The Morgan fingerprint density at radius 3 is 2.61 bits per heavy atom. The van der Waals surface area contributed by atoms with E-state index in [4.69, 9.17) is 19.0 Å². The van der Waals surface area contributed by atoms with Gasteiger partial charge in [0.15, 0.2) is 0 Å². The number of nitrogens with one attached hydrogen (secondary N) is 2. The summed E-state index contributed by atoms with van der Waals surface area (Å²) in [6, 6.07) is 14.5. The first kappa shape index (κ1) is 11.4. The minimum absolute atomic E-state index is 0.135. The van der Waals surface area contributed by atoms with Crippen LogP contribution in [0.1, 0.15) is 24.1 Å². The van der Waals surface area contributed by atoms with Crippen molar-refractivity contribution in [1.29, 1.82) is 5.26 Å². The third-order valence-electron chi connectivity index (χ3n) is 4.13. The lowest BCUT2D eigenvalue weighted by atomic mass is 10.1. The Kier molecular flexibility index (Phi) is 3.58. The van der Waals surface area contributed by atoms with E-state index in [0.717, 1.165) is 0 Å². The molecule has 2 aromatic carbocycles. The second kappa shape index (κ2) is 9.69. The normalized spacial score (nSPS) is 25.1. The van der Waals surface area contributed by atoms with Gasteiger partial charge in [0.2, 0.25) is 5.95 Å². The van der Waals surface area contributed by atoms with E-state index in [2.05, 4.69) is 20.0 Å². The number of carbonyl (C=O) groups is 1. The predicted molar refractivity (Wildman–Crippen MR) is 118 cm³/mol. The molecule has 1 saturated heterocycles. The minimum Gasteiger partial charge on any atom is -0.378 e. The van der Waals surface area contributed by atoms with Crippen LogP contribution in [0.2, 0.25) is 0 Å². The van der Waals surface area contributed by atoms with Gasteiger partial charge in [-0.25, -0.2) is 9.97 Å². The summed E-state index contributed by atoms with van der Waals surface area (Å²) < 4.78 is 83.3. The molecule has 2 heterocycles. The van der Waals surface area contributed by atoms with Crippen LogP contribution in [0, 0.1) is 11.3 Å². The van der Waals surface area contributed by atoms with E-state index in [0.29, 0.717) is 21.8 Å². The number of ether oxygens (including phenoxy) is 1. The van der Waals surface area contributed by atoms with Crippen LogP contribution < -0.4 is 15.5 Å². The van der Waals surface area contributed by atoms with Gasteiger partial charge in [0.05, 0.1) is 38.6 Å². The van der Waals surface area contributed by atoms with Crippen molar-refractivity contribution in [2.75, 3.05) is 42.8 Å². The number of morpholine rings is 1. The summed E-state index contributed by atoms with van der Waals surface area (Å²) >= 11 is 0. The molecule has 2 N–H and O–H groups in total. The SMILES string of the molecule is [2H]C([2H])(C#N)NC(=O)c1ccc(-c2ccnc(Nc3ccc(N4C([2H])([2H])C([2H])([2H])OC([2H])([2H])C4([2H])[2H])cc3)n2)cc1. The summed E-state index contributed by atoms with van der Waals surface area (Å²) in [5, 5.41) is 13.7. The Balaban J connectivity index is 1.53. The van der Waals surface area contributed by atoms with Gasteiger partial charge in [-0.15, -0.1) is 0 Å². The summed E-state index contributed by atoms with van der Waals surface area (Å²) in [6.07, 6.45) is 1.47. The van der Waals surface area contributed by atoms with Gasteiger partial charge in [-0.05, 0) is 42.5 Å².